The largest absolute Gasteiger partial charge is 0.494 e. The van der Waals surface area contributed by atoms with Gasteiger partial charge in [-0.05, 0) is 31.2 Å². The Morgan fingerprint density at radius 3 is 2.53 bits per heavy atom. The lowest BCUT2D eigenvalue weighted by Crippen LogP contribution is -1.96. The van der Waals surface area contributed by atoms with Crippen molar-refractivity contribution in [2.45, 2.75) is 6.92 Å². The van der Waals surface area contributed by atoms with Gasteiger partial charge in [0.15, 0.2) is 0 Å². The fourth-order valence-corrected chi connectivity index (χ4v) is 1.66. The van der Waals surface area contributed by atoms with E-state index in [4.69, 9.17) is 22.1 Å². The molecule has 17 heavy (non-hydrogen) atoms. The normalized spacial score (nSPS) is 10.2. The smallest absolute Gasteiger partial charge is 0.221 e. The number of ether oxygens (including phenoxy) is 1. The molecule has 0 aliphatic rings. The van der Waals surface area contributed by atoms with E-state index < -0.39 is 0 Å². The Morgan fingerprint density at radius 1 is 1.24 bits per heavy atom. The second-order valence-electron chi connectivity index (χ2n) is 3.39. The van der Waals surface area contributed by atoms with Crippen molar-refractivity contribution in [3.63, 3.8) is 0 Å². The van der Waals surface area contributed by atoms with Gasteiger partial charge in [0, 0.05) is 11.6 Å². The highest BCUT2D eigenvalue weighted by atomic mass is 35.5. The molecule has 0 amide bonds. The van der Waals surface area contributed by atoms with Crippen molar-refractivity contribution in [2.75, 3.05) is 12.3 Å². The summed E-state index contributed by atoms with van der Waals surface area (Å²) in [5.41, 5.74) is 7.16. The summed E-state index contributed by atoms with van der Waals surface area (Å²) in [6.07, 6.45) is 0. The van der Waals surface area contributed by atoms with Crippen molar-refractivity contribution in [1.82, 2.24) is 9.97 Å². The van der Waals surface area contributed by atoms with Crippen LogP contribution in [0.1, 0.15) is 6.92 Å². The summed E-state index contributed by atoms with van der Waals surface area (Å²) in [5.74, 6) is 0.991. The first-order valence-electron chi connectivity index (χ1n) is 5.22. The van der Waals surface area contributed by atoms with Gasteiger partial charge in [-0.15, -0.1) is 0 Å². The summed E-state index contributed by atoms with van der Waals surface area (Å²) in [5, 5.41) is 0.335. The van der Waals surface area contributed by atoms with E-state index in [1.165, 1.54) is 0 Å². The number of aromatic nitrogens is 2. The van der Waals surface area contributed by atoms with E-state index in [9.17, 15) is 0 Å². The lowest BCUT2D eigenvalue weighted by atomic mass is 10.1. The molecule has 4 nitrogen and oxygen atoms in total. The Hall–Kier alpha value is -1.81. The number of rotatable bonds is 3. The van der Waals surface area contributed by atoms with E-state index in [1.54, 1.807) is 6.07 Å². The number of anilines is 1. The van der Waals surface area contributed by atoms with Crippen molar-refractivity contribution in [2.24, 2.45) is 0 Å². The van der Waals surface area contributed by atoms with Gasteiger partial charge in [0.2, 0.25) is 5.95 Å². The van der Waals surface area contributed by atoms with E-state index >= 15 is 0 Å². The first-order valence-corrected chi connectivity index (χ1v) is 5.60. The Labute approximate surface area is 104 Å². The molecule has 0 atom stereocenters. The molecule has 2 aromatic rings. The first-order chi connectivity index (χ1) is 8.19. The van der Waals surface area contributed by atoms with Crippen LogP contribution in [0.5, 0.6) is 5.75 Å². The van der Waals surface area contributed by atoms with E-state index in [0.29, 0.717) is 17.5 Å². The Balaban J connectivity index is 2.32. The summed E-state index contributed by atoms with van der Waals surface area (Å²) >= 11 is 5.83. The maximum atomic E-state index is 5.83. The zero-order valence-electron chi connectivity index (χ0n) is 9.35. The summed E-state index contributed by atoms with van der Waals surface area (Å²) in [6, 6.07) is 9.25. The molecule has 0 fully saturated rings. The Morgan fingerprint density at radius 2 is 1.94 bits per heavy atom. The van der Waals surface area contributed by atoms with Gasteiger partial charge < -0.3 is 10.5 Å². The minimum absolute atomic E-state index is 0.168. The van der Waals surface area contributed by atoms with Crippen LogP contribution in [0.25, 0.3) is 11.3 Å². The number of nitrogen functional groups attached to an aromatic ring is 1. The zero-order chi connectivity index (χ0) is 12.3. The van der Waals surface area contributed by atoms with Crippen LogP contribution in [0.4, 0.5) is 5.95 Å². The topological polar surface area (TPSA) is 61.0 Å². The summed E-state index contributed by atoms with van der Waals surface area (Å²) in [4.78, 5) is 7.94. The number of halogens is 1. The average Bonchev–Trinajstić information content (AvgIpc) is 2.29. The maximum absolute atomic E-state index is 5.83. The van der Waals surface area contributed by atoms with Crippen molar-refractivity contribution >= 4 is 17.5 Å². The fraction of sp³-hybridized carbons (Fsp3) is 0.167. The molecule has 0 radical (unpaired) electrons. The highest BCUT2D eigenvalue weighted by Gasteiger charge is 2.03. The van der Waals surface area contributed by atoms with Crippen LogP contribution in [0.2, 0.25) is 5.15 Å². The molecule has 0 unspecified atom stereocenters. The van der Waals surface area contributed by atoms with E-state index in [-0.39, 0.29) is 5.95 Å². The van der Waals surface area contributed by atoms with Gasteiger partial charge in [-0.25, -0.2) is 9.97 Å². The molecule has 1 aromatic heterocycles. The summed E-state index contributed by atoms with van der Waals surface area (Å²) in [7, 11) is 0. The Bertz CT molecular complexity index is 493. The predicted molar refractivity (Wildman–Crippen MR) is 68.1 cm³/mol. The third-order valence-corrected chi connectivity index (χ3v) is 2.37. The molecule has 0 bridgehead atoms. The molecule has 0 saturated carbocycles. The molecule has 0 aliphatic heterocycles. The summed E-state index contributed by atoms with van der Waals surface area (Å²) in [6.45, 7) is 2.59. The number of hydrogen-bond donors (Lipinski definition) is 1. The van der Waals surface area contributed by atoms with Gasteiger partial charge in [0.05, 0.1) is 12.3 Å². The van der Waals surface area contributed by atoms with Gasteiger partial charge in [-0.1, -0.05) is 11.6 Å². The minimum Gasteiger partial charge on any atom is -0.494 e. The molecule has 0 aliphatic carbocycles. The van der Waals surface area contributed by atoms with Gasteiger partial charge in [-0.3, -0.25) is 0 Å². The number of hydrogen-bond acceptors (Lipinski definition) is 4. The highest BCUT2D eigenvalue weighted by Crippen LogP contribution is 2.23. The number of nitrogens with zero attached hydrogens (tertiary/aromatic N) is 2. The van der Waals surface area contributed by atoms with Crippen molar-refractivity contribution in [1.29, 1.82) is 0 Å². The van der Waals surface area contributed by atoms with Gasteiger partial charge in [-0.2, -0.15) is 0 Å². The van der Waals surface area contributed by atoms with Crippen molar-refractivity contribution in [3.8, 4) is 17.0 Å². The number of nitrogens with two attached hydrogens (primary N) is 1. The maximum Gasteiger partial charge on any atom is 0.221 e. The molecule has 1 aromatic carbocycles. The van der Waals surface area contributed by atoms with Crippen LogP contribution < -0.4 is 10.5 Å². The van der Waals surface area contributed by atoms with Crippen molar-refractivity contribution in [3.05, 3.63) is 35.5 Å². The van der Waals surface area contributed by atoms with Gasteiger partial charge >= 0.3 is 0 Å². The minimum atomic E-state index is 0.168. The standard InChI is InChI=1S/C12H12ClN3O/c1-2-17-9-5-3-8(4-6-9)10-7-11(13)16-12(14)15-10/h3-7H,2H2,1H3,(H2,14,15,16). The quantitative estimate of drug-likeness (QED) is 0.850. The lowest BCUT2D eigenvalue weighted by molar-refractivity contribution is 0.340. The monoisotopic (exact) mass is 249 g/mol. The molecular weight excluding hydrogens is 238 g/mol. The summed E-state index contributed by atoms with van der Waals surface area (Å²) < 4.78 is 5.36. The molecule has 1 heterocycles. The highest BCUT2D eigenvalue weighted by molar-refractivity contribution is 6.29. The SMILES string of the molecule is CCOc1ccc(-c2cc(Cl)nc(N)n2)cc1. The fourth-order valence-electron chi connectivity index (χ4n) is 1.47. The molecule has 88 valence electrons. The third kappa shape index (κ3) is 2.85. The molecular formula is C12H12ClN3O. The van der Waals surface area contributed by atoms with Crippen LogP contribution in [-0.4, -0.2) is 16.6 Å². The van der Waals surface area contributed by atoms with Crippen LogP contribution in [-0.2, 0) is 0 Å². The first kappa shape index (κ1) is 11.7. The second kappa shape index (κ2) is 5.01. The van der Waals surface area contributed by atoms with Crippen LogP contribution in [0.3, 0.4) is 0 Å². The average molecular weight is 250 g/mol. The zero-order valence-corrected chi connectivity index (χ0v) is 10.1. The van der Waals surface area contributed by atoms with Crippen molar-refractivity contribution < 1.29 is 4.74 Å². The number of benzene rings is 1. The van der Waals surface area contributed by atoms with Crippen LogP contribution in [0, 0.1) is 0 Å². The second-order valence-corrected chi connectivity index (χ2v) is 3.78. The van der Waals surface area contributed by atoms with Crippen LogP contribution >= 0.6 is 11.6 Å². The van der Waals surface area contributed by atoms with Crippen LogP contribution in [0.15, 0.2) is 30.3 Å². The van der Waals surface area contributed by atoms with E-state index in [2.05, 4.69) is 9.97 Å². The molecule has 0 saturated heterocycles. The van der Waals surface area contributed by atoms with E-state index in [1.807, 2.05) is 31.2 Å². The lowest BCUT2D eigenvalue weighted by Gasteiger charge is -2.05. The van der Waals surface area contributed by atoms with E-state index in [0.717, 1.165) is 11.3 Å². The van der Waals surface area contributed by atoms with Gasteiger partial charge in [0.25, 0.3) is 0 Å². The molecule has 2 N–H and O–H groups in total. The molecule has 2 rings (SSSR count). The Kier molecular flexibility index (Phi) is 3.44. The van der Waals surface area contributed by atoms with Gasteiger partial charge in [0.1, 0.15) is 10.9 Å². The molecule has 0 spiro atoms. The predicted octanol–water partition coefficient (Wildman–Crippen LogP) is 2.78. The molecule has 5 heteroatoms. The third-order valence-electron chi connectivity index (χ3n) is 2.17.